The first kappa shape index (κ1) is 9.95. The van der Waals surface area contributed by atoms with Crippen molar-refractivity contribution >= 4 is 44.8 Å². The van der Waals surface area contributed by atoms with Crippen LogP contribution in [-0.2, 0) is 6.42 Å². The Kier molecular flexibility index (Phi) is 3.05. The Hall–Kier alpha value is -0.590. The van der Waals surface area contributed by atoms with E-state index in [-0.39, 0.29) is 5.78 Å². The van der Waals surface area contributed by atoms with Crippen LogP contribution in [0.1, 0.15) is 15.4 Å². The molecule has 3 nitrogen and oxygen atoms in total. The number of hydrogen-bond donors (Lipinski definition) is 0. The van der Waals surface area contributed by atoms with Gasteiger partial charge in [-0.15, -0.1) is 11.3 Å². The molecule has 2 aromatic rings. The lowest BCUT2D eigenvalue weighted by Gasteiger charge is -1.91. The molecule has 0 aliphatic heterocycles. The van der Waals surface area contributed by atoms with Gasteiger partial charge in [0.15, 0.2) is 5.78 Å². The summed E-state index contributed by atoms with van der Waals surface area (Å²) in [6.07, 6.45) is 1.91. The predicted octanol–water partition coefficient (Wildman–Crippen LogP) is 2.79. The number of Topliss-reactive ketones (excluding diaryl/α,β-unsaturated/α-hetero) is 1. The summed E-state index contributed by atoms with van der Waals surface area (Å²) in [5, 5.41) is 0. The van der Waals surface area contributed by atoms with Crippen molar-refractivity contribution in [1.82, 2.24) is 8.75 Å². The molecule has 0 bridgehead atoms. The maximum atomic E-state index is 11.6. The highest BCUT2D eigenvalue weighted by molar-refractivity contribution is 9.11. The summed E-state index contributed by atoms with van der Waals surface area (Å²) in [6.45, 7) is 0. The van der Waals surface area contributed by atoms with Crippen LogP contribution < -0.4 is 0 Å². The van der Waals surface area contributed by atoms with Gasteiger partial charge in [-0.05, 0) is 28.1 Å². The monoisotopic (exact) mass is 288 g/mol. The Labute approximate surface area is 97.2 Å². The first-order valence-electron chi connectivity index (χ1n) is 3.80. The van der Waals surface area contributed by atoms with Crippen LogP contribution in [0, 0.1) is 0 Å². The van der Waals surface area contributed by atoms with Gasteiger partial charge in [0.05, 0.1) is 21.7 Å². The molecule has 6 heteroatoms. The van der Waals surface area contributed by atoms with Crippen LogP contribution in [0.5, 0.6) is 0 Å². The van der Waals surface area contributed by atoms with Crippen LogP contribution in [0.3, 0.4) is 0 Å². The molecule has 0 saturated heterocycles. The summed E-state index contributed by atoms with van der Waals surface area (Å²) < 4.78 is 8.73. The third-order valence-corrected chi connectivity index (χ3v) is 3.71. The maximum Gasteiger partial charge on any atom is 0.189 e. The zero-order valence-corrected chi connectivity index (χ0v) is 10.2. The molecule has 2 aromatic heterocycles. The fraction of sp³-hybridized carbons (Fsp3) is 0.125. The summed E-state index contributed by atoms with van der Waals surface area (Å²) in [4.78, 5) is 12.6. The van der Waals surface area contributed by atoms with E-state index in [0.717, 1.165) is 20.4 Å². The Morgan fingerprint density at radius 3 is 2.93 bits per heavy atom. The maximum absolute atomic E-state index is 11.6. The van der Waals surface area contributed by atoms with Crippen LogP contribution >= 0.6 is 39.0 Å². The van der Waals surface area contributed by atoms with E-state index in [9.17, 15) is 4.79 Å². The second-order valence-electron chi connectivity index (χ2n) is 2.60. The molecule has 0 spiro atoms. The molecule has 0 amide bonds. The van der Waals surface area contributed by atoms with Crippen molar-refractivity contribution in [2.45, 2.75) is 6.42 Å². The molecule has 14 heavy (non-hydrogen) atoms. The molecule has 0 atom stereocenters. The van der Waals surface area contributed by atoms with Crippen molar-refractivity contribution in [2.75, 3.05) is 0 Å². The van der Waals surface area contributed by atoms with Gasteiger partial charge in [-0.25, -0.2) is 0 Å². The Morgan fingerprint density at radius 1 is 1.50 bits per heavy atom. The zero-order valence-electron chi connectivity index (χ0n) is 6.94. The fourth-order valence-electron chi connectivity index (χ4n) is 0.983. The average Bonchev–Trinajstić information content (AvgIpc) is 2.75. The minimum atomic E-state index is 0.0214. The van der Waals surface area contributed by atoms with E-state index in [2.05, 4.69) is 24.7 Å². The highest BCUT2D eigenvalue weighted by atomic mass is 79.9. The molecule has 0 aromatic carbocycles. The molecular formula is C8H5BrN2OS2. The van der Waals surface area contributed by atoms with Gasteiger partial charge in [-0.1, -0.05) is 0 Å². The molecule has 0 aliphatic carbocycles. The lowest BCUT2D eigenvalue weighted by molar-refractivity contribution is 0.0990. The number of aromatic nitrogens is 2. The molecule has 0 saturated carbocycles. The Balaban J connectivity index is 2.09. The van der Waals surface area contributed by atoms with Gasteiger partial charge >= 0.3 is 0 Å². The number of rotatable bonds is 3. The second kappa shape index (κ2) is 4.29. The van der Waals surface area contributed by atoms with Crippen molar-refractivity contribution in [3.63, 3.8) is 0 Å². The topological polar surface area (TPSA) is 42.9 Å². The number of carbonyl (C=O) groups is 1. The van der Waals surface area contributed by atoms with Gasteiger partial charge in [-0.3, -0.25) is 4.79 Å². The van der Waals surface area contributed by atoms with E-state index >= 15 is 0 Å². The number of halogens is 1. The molecule has 0 radical (unpaired) electrons. The Bertz CT molecular complexity index is 438. The fourth-order valence-corrected chi connectivity index (χ4v) is 2.90. The summed E-state index contributed by atoms with van der Waals surface area (Å²) in [5.41, 5.74) is 0.458. The lowest BCUT2D eigenvalue weighted by Crippen LogP contribution is -2.01. The highest BCUT2D eigenvalue weighted by Gasteiger charge is 2.10. The van der Waals surface area contributed by atoms with E-state index in [4.69, 9.17) is 0 Å². The first-order valence-corrected chi connectivity index (χ1v) is 6.14. The van der Waals surface area contributed by atoms with Gasteiger partial charge in [-0.2, -0.15) is 8.75 Å². The number of carbonyl (C=O) groups excluding carboxylic acids is 1. The molecule has 0 aliphatic rings. The van der Waals surface area contributed by atoms with Crippen LogP contribution in [0.4, 0.5) is 0 Å². The van der Waals surface area contributed by atoms with Crippen molar-refractivity contribution in [2.24, 2.45) is 0 Å². The van der Waals surface area contributed by atoms with Gasteiger partial charge in [0, 0.05) is 11.3 Å². The van der Waals surface area contributed by atoms with E-state index in [1.54, 1.807) is 11.3 Å². The average molecular weight is 289 g/mol. The molecule has 2 rings (SSSR count). The zero-order chi connectivity index (χ0) is 9.97. The minimum Gasteiger partial charge on any atom is -0.292 e. The van der Waals surface area contributed by atoms with E-state index in [0.29, 0.717) is 12.1 Å². The van der Waals surface area contributed by atoms with Crippen LogP contribution in [0.25, 0.3) is 0 Å². The van der Waals surface area contributed by atoms with E-state index in [1.807, 2.05) is 12.1 Å². The smallest absolute Gasteiger partial charge is 0.189 e. The second-order valence-corrected chi connectivity index (χ2v) is 5.70. The summed E-state index contributed by atoms with van der Waals surface area (Å²) in [7, 11) is 0. The number of hydrogen-bond acceptors (Lipinski definition) is 5. The predicted molar refractivity (Wildman–Crippen MR) is 60.0 cm³/mol. The molecular weight excluding hydrogens is 284 g/mol. The number of nitrogens with zero attached hydrogens (tertiary/aromatic N) is 2. The highest BCUT2D eigenvalue weighted by Crippen LogP contribution is 2.23. The van der Waals surface area contributed by atoms with Crippen LogP contribution in [0.2, 0.25) is 0 Å². The lowest BCUT2D eigenvalue weighted by atomic mass is 10.2. The van der Waals surface area contributed by atoms with Gasteiger partial charge < -0.3 is 0 Å². The van der Waals surface area contributed by atoms with E-state index in [1.165, 1.54) is 6.20 Å². The third kappa shape index (κ3) is 2.26. The molecule has 2 heterocycles. The summed E-state index contributed by atoms with van der Waals surface area (Å²) in [5.74, 6) is 0.0214. The molecule has 0 fully saturated rings. The largest absolute Gasteiger partial charge is 0.292 e. The van der Waals surface area contributed by atoms with Gasteiger partial charge in [0.1, 0.15) is 5.69 Å². The van der Waals surface area contributed by atoms with Crippen LogP contribution in [-0.4, -0.2) is 14.5 Å². The molecule has 0 unspecified atom stereocenters. The quantitative estimate of drug-likeness (QED) is 0.816. The normalized spacial score (nSPS) is 10.4. The first-order chi connectivity index (χ1) is 6.75. The van der Waals surface area contributed by atoms with Crippen LogP contribution in [0.15, 0.2) is 22.1 Å². The van der Waals surface area contributed by atoms with Gasteiger partial charge in [0.2, 0.25) is 0 Å². The SMILES string of the molecule is O=C(Cc1ccc(Br)s1)c1cnsn1. The summed E-state index contributed by atoms with van der Waals surface area (Å²) >= 11 is 5.97. The van der Waals surface area contributed by atoms with Crippen molar-refractivity contribution in [1.29, 1.82) is 0 Å². The van der Waals surface area contributed by atoms with E-state index < -0.39 is 0 Å². The van der Waals surface area contributed by atoms with Gasteiger partial charge in [0.25, 0.3) is 0 Å². The summed E-state index contributed by atoms with van der Waals surface area (Å²) in [6, 6.07) is 3.87. The van der Waals surface area contributed by atoms with Crippen molar-refractivity contribution < 1.29 is 4.79 Å². The van der Waals surface area contributed by atoms with Crippen molar-refractivity contribution in [3.8, 4) is 0 Å². The molecule has 0 N–H and O–H groups in total. The Morgan fingerprint density at radius 2 is 2.36 bits per heavy atom. The molecule has 72 valence electrons. The number of thiophene rings is 1. The number of ketones is 1. The standard InChI is InChI=1S/C8H5BrN2OS2/c9-8-2-1-5(13-8)3-7(12)6-4-10-14-11-6/h1-2,4H,3H2. The minimum absolute atomic E-state index is 0.0214. The third-order valence-electron chi connectivity index (χ3n) is 1.61. The van der Waals surface area contributed by atoms with Crippen molar-refractivity contribution in [3.05, 3.63) is 32.7 Å².